The zero-order chi connectivity index (χ0) is 20.3. The summed E-state index contributed by atoms with van der Waals surface area (Å²) >= 11 is 1.04. The summed E-state index contributed by atoms with van der Waals surface area (Å²) in [5.74, 6) is -1.15. The molecule has 0 radical (unpaired) electrons. The minimum Gasteiger partial charge on any atom is -0.457 e. The minimum absolute atomic E-state index is 0.0322. The summed E-state index contributed by atoms with van der Waals surface area (Å²) in [6.45, 7) is 1.04. The molecule has 0 aliphatic heterocycles. The summed E-state index contributed by atoms with van der Waals surface area (Å²) < 4.78 is 48.8. The number of aromatic nitrogens is 1. The maximum atomic E-state index is 13.0. The molecule has 0 saturated carbocycles. The number of esters is 1. The number of amides is 1. The van der Waals surface area contributed by atoms with Crippen LogP contribution in [-0.4, -0.2) is 16.9 Å². The number of rotatable bonds is 5. The van der Waals surface area contributed by atoms with Crippen LogP contribution in [0.4, 0.5) is 24.0 Å². The largest absolute Gasteiger partial charge is 0.457 e. The second-order valence-electron chi connectivity index (χ2n) is 5.58. The third-order valence-electron chi connectivity index (χ3n) is 3.55. The summed E-state index contributed by atoms with van der Waals surface area (Å²) in [7, 11) is 0. The Morgan fingerprint density at radius 3 is 2.68 bits per heavy atom. The predicted molar refractivity (Wildman–Crippen MR) is 94.2 cm³/mol. The second-order valence-corrected chi connectivity index (χ2v) is 6.41. The van der Waals surface area contributed by atoms with Crippen molar-refractivity contribution in [2.75, 3.05) is 4.90 Å². The lowest BCUT2D eigenvalue weighted by Crippen LogP contribution is -2.23. The summed E-state index contributed by atoms with van der Waals surface area (Å²) in [4.78, 5) is 29.1. The van der Waals surface area contributed by atoms with Crippen molar-refractivity contribution in [3.05, 3.63) is 65.1 Å². The van der Waals surface area contributed by atoms with Gasteiger partial charge in [0.2, 0.25) is 11.7 Å². The summed E-state index contributed by atoms with van der Waals surface area (Å²) in [6, 6.07) is 7.38. The zero-order valence-electron chi connectivity index (χ0n) is 14.4. The van der Waals surface area contributed by atoms with Crippen molar-refractivity contribution in [2.24, 2.45) is 0 Å². The van der Waals surface area contributed by atoms with E-state index in [1.165, 1.54) is 37.5 Å². The lowest BCUT2D eigenvalue weighted by atomic mass is 10.2. The van der Waals surface area contributed by atoms with Gasteiger partial charge in [0.05, 0.1) is 23.2 Å². The van der Waals surface area contributed by atoms with E-state index < -0.39 is 23.6 Å². The molecule has 3 rings (SSSR count). The van der Waals surface area contributed by atoms with E-state index in [1.807, 2.05) is 0 Å². The fraction of sp³-hybridized carbons (Fsp3) is 0.167. The molecule has 0 atom stereocenters. The molecule has 0 N–H and O–H groups in total. The van der Waals surface area contributed by atoms with E-state index in [0.29, 0.717) is 5.69 Å². The van der Waals surface area contributed by atoms with Gasteiger partial charge in [0, 0.05) is 12.3 Å². The van der Waals surface area contributed by atoms with Crippen LogP contribution >= 0.6 is 11.3 Å². The molecule has 2 heterocycles. The number of ether oxygens (including phenoxy) is 1. The molecule has 0 spiro atoms. The Hall–Kier alpha value is -3.14. The molecule has 0 bridgehead atoms. The highest BCUT2D eigenvalue weighted by Gasteiger charge is 2.31. The first-order valence-corrected chi connectivity index (χ1v) is 8.76. The number of alkyl halides is 3. The smallest absolute Gasteiger partial charge is 0.416 e. The summed E-state index contributed by atoms with van der Waals surface area (Å²) in [5, 5.41) is 1.71. The Bertz CT molecular complexity index is 983. The number of furan rings is 1. The zero-order valence-corrected chi connectivity index (χ0v) is 15.2. The first-order chi connectivity index (χ1) is 13.3. The molecule has 28 heavy (non-hydrogen) atoms. The summed E-state index contributed by atoms with van der Waals surface area (Å²) in [6.07, 6.45) is -3.20. The number of anilines is 2. The van der Waals surface area contributed by atoms with Gasteiger partial charge in [-0.1, -0.05) is 6.07 Å². The van der Waals surface area contributed by atoms with Crippen LogP contribution in [0.5, 0.6) is 0 Å². The van der Waals surface area contributed by atoms with E-state index in [1.54, 1.807) is 5.38 Å². The normalized spacial score (nSPS) is 11.3. The number of thiazole rings is 1. The van der Waals surface area contributed by atoms with Gasteiger partial charge in [0.15, 0.2) is 5.13 Å². The van der Waals surface area contributed by atoms with Gasteiger partial charge < -0.3 is 9.15 Å². The number of carbonyl (C=O) groups excluding carboxylic acids is 2. The van der Waals surface area contributed by atoms with Crippen LogP contribution in [0.3, 0.4) is 0 Å². The van der Waals surface area contributed by atoms with E-state index in [2.05, 4.69) is 4.98 Å². The second kappa shape index (κ2) is 7.85. The Balaban J connectivity index is 1.79. The molecule has 146 valence electrons. The molecule has 0 saturated heterocycles. The quantitative estimate of drug-likeness (QED) is 0.565. The van der Waals surface area contributed by atoms with Gasteiger partial charge in [-0.05, 0) is 30.3 Å². The lowest BCUT2D eigenvalue weighted by molar-refractivity contribution is -0.137. The Kier molecular flexibility index (Phi) is 5.50. The SMILES string of the molecule is CC(=O)N(c1cccc(C(F)(F)F)c1)c1nc(COC(=O)c2ccco2)cs1. The van der Waals surface area contributed by atoms with Gasteiger partial charge >= 0.3 is 12.1 Å². The molecular weight excluding hydrogens is 397 g/mol. The van der Waals surface area contributed by atoms with E-state index in [-0.39, 0.29) is 23.2 Å². The third kappa shape index (κ3) is 4.39. The predicted octanol–water partition coefficient (Wildman–Crippen LogP) is 4.80. The molecule has 0 aliphatic carbocycles. The van der Waals surface area contributed by atoms with Crippen molar-refractivity contribution in [2.45, 2.75) is 19.7 Å². The molecule has 0 fully saturated rings. The molecule has 0 aliphatic rings. The number of hydrogen-bond donors (Lipinski definition) is 0. The van der Waals surface area contributed by atoms with Gasteiger partial charge in [-0.25, -0.2) is 9.78 Å². The first kappa shape index (κ1) is 19.6. The van der Waals surface area contributed by atoms with Crippen molar-refractivity contribution in [3.63, 3.8) is 0 Å². The highest BCUT2D eigenvalue weighted by molar-refractivity contribution is 7.14. The minimum atomic E-state index is -4.54. The van der Waals surface area contributed by atoms with Crippen molar-refractivity contribution < 1.29 is 31.9 Å². The topological polar surface area (TPSA) is 72.6 Å². The highest BCUT2D eigenvalue weighted by Crippen LogP contribution is 2.35. The van der Waals surface area contributed by atoms with E-state index >= 15 is 0 Å². The Morgan fingerprint density at radius 1 is 1.25 bits per heavy atom. The maximum absolute atomic E-state index is 13.0. The molecule has 10 heteroatoms. The summed E-state index contributed by atoms with van der Waals surface area (Å²) in [5.41, 5.74) is -0.491. The highest BCUT2D eigenvalue weighted by atomic mass is 32.1. The fourth-order valence-electron chi connectivity index (χ4n) is 2.32. The van der Waals surface area contributed by atoms with Gasteiger partial charge in [0.1, 0.15) is 6.61 Å². The van der Waals surface area contributed by atoms with Gasteiger partial charge in [-0.15, -0.1) is 11.3 Å². The molecule has 3 aromatic rings. The van der Waals surface area contributed by atoms with Gasteiger partial charge in [-0.3, -0.25) is 9.69 Å². The van der Waals surface area contributed by atoms with Crippen LogP contribution in [0.2, 0.25) is 0 Å². The third-order valence-corrected chi connectivity index (χ3v) is 4.43. The van der Waals surface area contributed by atoms with Crippen LogP contribution in [-0.2, 0) is 22.3 Å². The van der Waals surface area contributed by atoms with Crippen LogP contribution in [0.15, 0.2) is 52.5 Å². The average molecular weight is 410 g/mol. The first-order valence-electron chi connectivity index (χ1n) is 7.88. The van der Waals surface area contributed by atoms with Crippen LogP contribution in [0.25, 0.3) is 0 Å². The van der Waals surface area contributed by atoms with E-state index in [4.69, 9.17) is 9.15 Å². The van der Waals surface area contributed by atoms with Crippen LogP contribution < -0.4 is 4.90 Å². The van der Waals surface area contributed by atoms with Crippen molar-refractivity contribution in [1.82, 2.24) is 4.98 Å². The average Bonchev–Trinajstić information content (AvgIpc) is 3.31. The number of hydrogen-bond acceptors (Lipinski definition) is 6. The lowest BCUT2D eigenvalue weighted by Gasteiger charge is -2.19. The monoisotopic (exact) mass is 410 g/mol. The van der Waals surface area contributed by atoms with E-state index in [0.717, 1.165) is 28.4 Å². The molecule has 1 aromatic carbocycles. The van der Waals surface area contributed by atoms with E-state index in [9.17, 15) is 22.8 Å². The molecule has 0 unspecified atom stereocenters. The Morgan fingerprint density at radius 2 is 2.04 bits per heavy atom. The standard InChI is InChI=1S/C18H13F3N2O4S/c1-11(24)23(14-5-2-4-12(8-14)18(19,20)21)17-22-13(10-28-17)9-27-16(25)15-6-3-7-26-15/h2-8,10H,9H2,1H3. The van der Waals surface area contributed by atoms with Crippen molar-refractivity contribution in [1.29, 1.82) is 0 Å². The van der Waals surface area contributed by atoms with Crippen molar-refractivity contribution in [3.8, 4) is 0 Å². The van der Waals surface area contributed by atoms with Crippen LogP contribution in [0, 0.1) is 0 Å². The van der Waals surface area contributed by atoms with Gasteiger partial charge in [0.25, 0.3) is 0 Å². The number of nitrogens with zero attached hydrogens (tertiary/aromatic N) is 2. The molecule has 2 aromatic heterocycles. The fourth-order valence-corrected chi connectivity index (χ4v) is 3.19. The molecular formula is C18H13F3N2O4S. The van der Waals surface area contributed by atoms with Gasteiger partial charge in [-0.2, -0.15) is 13.2 Å². The molecule has 6 nitrogen and oxygen atoms in total. The van der Waals surface area contributed by atoms with Crippen LogP contribution in [0.1, 0.15) is 28.7 Å². The Labute approximate surface area is 161 Å². The number of carbonyl (C=O) groups is 2. The number of benzene rings is 1. The molecule has 1 amide bonds. The maximum Gasteiger partial charge on any atom is 0.416 e. The number of halogens is 3. The van der Waals surface area contributed by atoms with Crippen molar-refractivity contribution >= 4 is 34.0 Å².